The van der Waals surface area contributed by atoms with Crippen LogP contribution in [0.5, 0.6) is 0 Å². The minimum absolute atomic E-state index is 0.179. The molecule has 0 fully saturated rings. The Morgan fingerprint density at radius 2 is 1.81 bits per heavy atom. The van der Waals surface area contributed by atoms with E-state index in [9.17, 15) is 13.5 Å². The first-order chi connectivity index (χ1) is 9.82. The van der Waals surface area contributed by atoms with Gasteiger partial charge in [0, 0.05) is 18.4 Å². The van der Waals surface area contributed by atoms with Crippen LogP contribution in [0.1, 0.15) is 19.7 Å². The number of hydrogen-bond donors (Lipinski definition) is 1. The standard InChI is InChI=1S/C14H19N3O3S/c1-10(2)8-17-13(9-18)15-16-14(17)11-4-6-12(7-5-11)21(3,19)20/h4-7,10,18H,8-9H2,1-3H3. The number of aliphatic hydroxyl groups excluding tert-OH is 1. The van der Waals surface area contributed by atoms with Crippen LogP contribution in [-0.2, 0) is 23.0 Å². The minimum atomic E-state index is -3.21. The largest absolute Gasteiger partial charge is 0.388 e. The number of sulfone groups is 1. The lowest BCUT2D eigenvalue weighted by Gasteiger charge is -2.12. The number of aromatic nitrogens is 3. The second-order valence-electron chi connectivity index (χ2n) is 5.40. The summed E-state index contributed by atoms with van der Waals surface area (Å²) in [6.45, 7) is 4.64. The molecule has 0 aliphatic heterocycles. The quantitative estimate of drug-likeness (QED) is 0.904. The highest BCUT2D eigenvalue weighted by Gasteiger charge is 2.15. The van der Waals surface area contributed by atoms with Gasteiger partial charge in [-0.25, -0.2) is 8.42 Å². The molecule has 6 nitrogen and oxygen atoms in total. The zero-order chi connectivity index (χ0) is 15.6. The van der Waals surface area contributed by atoms with Crippen LogP contribution in [0, 0.1) is 5.92 Å². The zero-order valence-electron chi connectivity index (χ0n) is 12.3. The normalized spacial score (nSPS) is 12.0. The number of aliphatic hydroxyl groups is 1. The molecule has 0 radical (unpaired) electrons. The molecule has 0 saturated carbocycles. The van der Waals surface area contributed by atoms with Gasteiger partial charge in [0.15, 0.2) is 21.5 Å². The first kappa shape index (κ1) is 15.7. The molecule has 1 aromatic carbocycles. The SMILES string of the molecule is CC(C)Cn1c(CO)nnc1-c1ccc(S(C)(=O)=O)cc1. The van der Waals surface area contributed by atoms with E-state index in [1.54, 1.807) is 24.3 Å². The van der Waals surface area contributed by atoms with Gasteiger partial charge in [0.25, 0.3) is 0 Å². The van der Waals surface area contributed by atoms with Crippen molar-refractivity contribution in [1.82, 2.24) is 14.8 Å². The van der Waals surface area contributed by atoms with Crippen LogP contribution < -0.4 is 0 Å². The third-order valence-electron chi connectivity index (χ3n) is 3.06. The van der Waals surface area contributed by atoms with Crippen molar-refractivity contribution in [1.29, 1.82) is 0 Å². The van der Waals surface area contributed by atoms with E-state index in [-0.39, 0.29) is 11.5 Å². The molecule has 2 rings (SSSR count). The highest BCUT2D eigenvalue weighted by molar-refractivity contribution is 7.90. The summed E-state index contributed by atoms with van der Waals surface area (Å²) >= 11 is 0. The average Bonchev–Trinajstić information content (AvgIpc) is 2.80. The first-order valence-electron chi connectivity index (χ1n) is 6.66. The number of rotatable bonds is 5. The van der Waals surface area contributed by atoms with E-state index < -0.39 is 9.84 Å². The van der Waals surface area contributed by atoms with E-state index in [4.69, 9.17) is 0 Å². The van der Waals surface area contributed by atoms with Gasteiger partial charge in [-0.1, -0.05) is 13.8 Å². The summed E-state index contributed by atoms with van der Waals surface area (Å²) in [5, 5.41) is 17.4. The number of nitrogens with zero attached hydrogens (tertiary/aromatic N) is 3. The van der Waals surface area contributed by atoms with Crippen LogP contribution in [0.4, 0.5) is 0 Å². The van der Waals surface area contributed by atoms with Gasteiger partial charge >= 0.3 is 0 Å². The van der Waals surface area contributed by atoms with Gasteiger partial charge in [0.05, 0.1) is 4.90 Å². The van der Waals surface area contributed by atoms with Crippen molar-refractivity contribution in [2.24, 2.45) is 5.92 Å². The van der Waals surface area contributed by atoms with Crippen molar-refractivity contribution in [2.45, 2.75) is 31.9 Å². The van der Waals surface area contributed by atoms with Crippen LogP contribution in [0.3, 0.4) is 0 Å². The Balaban J connectivity index is 2.44. The molecule has 0 aliphatic carbocycles. The van der Waals surface area contributed by atoms with Crippen molar-refractivity contribution in [3.05, 3.63) is 30.1 Å². The van der Waals surface area contributed by atoms with Gasteiger partial charge in [-0.05, 0) is 30.2 Å². The molecule has 0 bridgehead atoms. The molecule has 21 heavy (non-hydrogen) atoms. The Morgan fingerprint density at radius 3 is 2.29 bits per heavy atom. The van der Waals surface area contributed by atoms with E-state index >= 15 is 0 Å². The molecule has 7 heteroatoms. The van der Waals surface area contributed by atoms with Crippen LogP contribution >= 0.6 is 0 Å². The Morgan fingerprint density at radius 1 is 1.19 bits per heavy atom. The maximum atomic E-state index is 11.5. The Bertz CT molecular complexity index is 718. The maximum Gasteiger partial charge on any atom is 0.175 e. The van der Waals surface area contributed by atoms with Crippen molar-refractivity contribution in [3.63, 3.8) is 0 Å². The fourth-order valence-electron chi connectivity index (χ4n) is 2.07. The predicted molar refractivity (Wildman–Crippen MR) is 79.3 cm³/mol. The maximum absolute atomic E-state index is 11.5. The molecule has 1 N–H and O–H groups in total. The van der Waals surface area contributed by atoms with Crippen LogP contribution in [-0.4, -0.2) is 34.5 Å². The molecule has 1 aromatic heterocycles. The van der Waals surface area contributed by atoms with Gasteiger partial charge in [-0.15, -0.1) is 10.2 Å². The van der Waals surface area contributed by atoms with Gasteiger partial charge in [-0.2, -0.15) is 0 Å². The topological polar surface area (TPSA) is 85.1 Å². The van der Waals surface area contributed by atoms with Gasteiger partial charge in [-0.3, -0.25) is 0 Å². The Kier molecular flexibility index (Phi) is 4.43. The van der Waals surface area contributed by atoms with Gasteiger partial charge < -0.3 is 9.67 Å². The highest BCUT2D eigenvalue weighted by atomic mass is 32.2. The summed E-state index contributed by atoms with van der Waals surface area (Å²) < 4.78 is 24.8. The summed E-state index contributed by atoms with van der Waals surface area (Å²) in [7, 11) is -3.21. The minimum Gasteiger partial charge on any atom is -0.388 e. The second kappa shape index (κ2) is 5.95. The monoisotopic (exact) mass is 309 g/mol. The smallest absolute Gasteiger partial charge is 0.175 e. The average molecular weight is 309 g/mol. The van der Waals surface area contributed by atoms with E-state index in [0.29, 0.717) is 24.1 Å². The third kappa shape index (κ3) is 3.48. The van der Waals surface area contributed by atoms with Crippen molar-refractivity contribution in [2.75, 3.05) is 6.26 Å². The fourth-order valence-corrected chi connectivity index (χ4v) is 2.70. The molecule has 0 saturated heterocycles. The van der Waals surface area contributed by atoms with Crippen molar-refractivity contribution < 1.29 is 13.5 Å². The summed E-state index contributed by atoms with van der Waals surface area (Å²) in [6, 6.07) is 6.52. The van der Waals surface area contributed by atoms with Gasteiger partial charge in [0.2, 0.25) is 0 Å². The summed E-state index contributed by atoms with van der Waals surface area (Å²) in [5.41, 5.74) is 0.773. The molecular formula is C14H19N3O3S. The molecular weight excluding hydrogens is 290 g/mol. The fraction of sp³-hybridized carbons (Fsp3) is 0.429. The second-order valence-corrected chi connectivity index (χ2v) is 7.41. The molecule has 0 amide bonds. The molecule has 114 valence electrons. The summed E-state index contributed by atoms with van der Waals surface area (Å²) in [4.78, 5) is 0.267. The lowest BCUT2D eigenvalue weighted by atomic mass is 10.2. The lowest BCUT2D eigenvalue weighted by molar-refractivity contribution is 0.262. The zero-order valence-corrected chi connectivity index (χ0v) is 13.1. The van der Waals surface area contributed by atoms with E-state index in [1.165, 1.54) is 6.26 Å². The molecule has 1 heterocycles. The van der Waals surface area contributed by atoms with Crippen LogP contribution in [0.25, 0.3) is 11.4 Å². The predicted octanol–water partition coefficient (Wildman–Crippen LogP) is 1.50. The lowest BCUT2D eigenvalue weighted by Crippen LogP contribution is -2.10. The van der Waals surface area contributed by atoms with Crippen molar-refractivity contribution >= 4 is 9.84 Å². The Labute approximate surface area is 124 Å². The molecule has 0 aliphatic rings. The van der Waals surface area contributed by atoms with E-state index in [2.05, 4.69) is 24.0 Å². The van der Waals surface area contributed by atoms with Crippen LogP contribution in [0.15, 0.2) is 29.2 Å². The number of hydrogen-bond acceptors (Lipinski definition) is 5. The van der Waals surface area contributed by atoms with Crippen LogP contribution in [0.2, 0.25) is 0 Å². The number of benzene rings is 1. The third-order valence-corrected chi connectivity index (χ3v) is 4.19. The Hall–Kier alpha value is -1.73. The molecule has 0 spiro atoms. The molecule has 0 atom stereocenters. The van der Waals surface area contributed by atoms with E-state index in [0.717, 1.165) is 5.56 Å². The molecule has 2 aromatic rings. The van der Waals surface area contributed by atoms with E-state index in [1.807, 2.05) is 4.57 Å². The van der Waals surface area contributed by atoms with Crippen molar-refractivity contribution in [3.8, 4) is 11.4 Å². The molecule has 0 unspecified atom stereocenters. The highest BCUT2D eigenvalue weighted by Crippen LogP contribution is 2.21. The van der Waals surface area contributed by atoms with Gasteiger partial charge in [0.1, 0.15) is 6.61 Å². The first-order valence-corrected chi connectivity index (χ1v) is 8.55. The summed E-state index contributed by atoms with van der Waals surface area (Å²) in [5.74, 6) is 1.51. The summed E-state index contributed by atoms with van der Waals surface area (Å²) in [6.07, 6.45) is 1.17.